The van der Waals surface area contributed by atoms with E-state index in [1.807, 2.05) is 6.08 Å². The van der Waals surface area contributed by atoms with Crippen LogP contribution in [0.4, 0.5) is 10.1 Å². The number of aliphatic carboxylic acids is 1. The van der Waals surface area contributed by atoms with Gasteiger partial charge in [0.25, 0.3) is 17.7 Å². The Morgan fingerprint density at radius 3 is 2.67 bits per heavy atom. The van der Waals surface area contributed by atoms with Gasteiger partial charge in [0.05, 0.1) is 17.3 Å². The number of rotatable bonds is 7. The molecule has 1 aliphatic carbocycles. The van der Waals surface area contributed by atoms with Crippen LogP contribution in [0.25, 0.3) is 5.65 Å². The molecular formula is C27H27FN6O6. The Balaban J connectivity index is 1.30. The molecule has 0 spiro atoms. The van der Waals surface area contributed by atoms with Crippen LogP contribution in [0.2, 0.25) is 0 Å². The Bertz CT molecular complexity index is 1580. The molecule has 1 atom stereocenters. The lowest BCUT2D eigenvalue weighted by Crippen LogP contribution is -2.35. The maximum atomic E-state index is 14.4. The third kappa shape index (κ3) is 5.09. The van der Waals surface area contributed by atoms with Crippen LogP contribution in [0.15, 0.2) is 42.1 Å². The first kappa shape index (κ1) is 26.8. The number of halogens is 1. The normalized spacial score (nSPS) is 18.5. The molecule has 3 N–H and O–H groups in total. The molecular weight excluding hydrogens is 523 g/mol. The average Bonchev–Trinajstić information content (AvgIpc) is 3.33. The molecule has 40 heavy (non-hydrogen) atoms. The number of nitrogens with zero attached hydrogens (tertiary/aromatic N) is 4. The number of carbonyl (C=O) groups is 4. The molecule has 0 saturated carbocycles. The second kappa shape index (κ2) is 10.4. The monoisotopic (exact) mass is 550 g/mol. The lowest BCUT2D eigenvalue weighted by molar-refractivity contribution is -0.148. The minimum absolute atomic E-state index is 0.0451. The number of carboxylic acid groups (broad SMARTS) is 1. The maximum Gasteiger partial charge on any atom is 0.309 e. The predicted octanol–water partition coefficient (Wildman–Crippen LogP) is 2.08. The summed E-state index contributed by atoms with van der Waals surface area (Å²) in [4.78, 5) is 55.0. The Morgan fingerprint density at radius 2 is 1.95 bits per heavy atom. The van der Waals surface area contributed by atoms with Crippen LogP contribution in [0.3, 0.4) is 0 Å². The van der Waals surface area contributed by atoms with Crippen molar-refractivity contribution in [1.82, 2.24) is 25.2 Å². The van der Waals surface area contributed by atoms with Crippen LogP contribution in [-0.4, -0.2) is 63.6 Å². The average molecular weight is 551 g/mol. The topological polar surface area (TPSA) is 155 Å². The Labute approximate surface area is 227 Å². The maximum absolute atomic E-state index is 14.4. The highest BCUT2D eigenvalue weighted by Gasteiger charge is 2.34. The summed E-state index contributed by atoms with van der Waals surface area (Å²) in [7, 11) is 1.63. The first-order valence-corrected chi connectivity index (χ1v) is 12.6. The van der Waals surface area contributed by atoms with Crippen LogP contribution in [-0.2, 0) is 16.1 Å². The van der Waals surface area contributed by atoms with Gasteiger partial charge in [0, 0.05) is 26.2 Å². The third-order valence-corrected chi connectivity index (χ3v) is 7.29. The summed E-state index contributed by atoms with van der Waals surface area (Å²) in [6.45, 7) is 1.89. The van der Waals surface area contributed by atoms with E-state index in [1.54, 1.807) is 32.2 Å². The second-order valence-electron chi connectivity index (χ2n) is 10.1. The summed E-state index contributed by atoms with van der Waals surface area (Å²) in [5, 5.41) is 18.7. The minimum Gasteiger partial charge on any atom is -0.482 e. The highest BCUT2D eigenvalue weighted by molar-refractivity contribution is 5.99. The fourth-order valence-electron chi connectivity index (χ4n) is 4.56. The van der Waals surface area contributed by atoms with Gasteiger partial charge in [-0.2, -0.15) is 5.10 Å². The SMILES string of the molecule is CN1C(=O)COc2ccc(CNC(=O)c3cc(C(=O)NCC4=CCC(C)(C(=O)O)CC4)n4ncc(F)c4n3)cc21. The number of ether oxygens (including phenoxy) is 1. The summed E-state index contributed by atoms with van der Waals surface area (Å²) >= 11 is 0. The minimum atomic E-state index is -0.861. The van der Waals surface area contributed by atoms with Gasteiger partial charge in [-0.3, -0.25) is 19.2 Å². The van der Waals surface area contributed by atoms with Crippen molar-refractivity contribution in [2.45, 2.75) is 32.7 Å². The fraction of sp³-hybridized carbons (Fsp3) is 0.333. The Kier molecular flexibility index (Phi) is 6.96. The molecule has 0 fully saturated rings. The van der Waals surface area contributed by atoms with Gasteiger partial charge in [-0.05, 0) is 43.9 Å². The van der Waals surface area contributed by atoms with Gasteiger partial charge in [-0.15, -0.1) is 0 Å². The largest absolute Gasteiger partial charge is 0.482 e. The number of carboxylic acids is 1. The molecule has 13 heteroatoms. The summed E-state index contributed by atoms with van der Waals surface area (Å²) in [5.74, 6) is -2.54. The molecule has 0 saturated heterocycles. The summed E-state index contributed by atoms with van der Waals surface area (Å²) in [6.07, 6.45) is 4.03. The molecule has 1 aromatic carbocycles. The van der Waals surface area contributed by atoms with Crippen molar-refractivity contribution in [1.29, 1.82) is 0 Å². The van der Waals surface area contributed by atoms with Crippen LogP contribution in [0.5, 0.6) is 5.75 Å². The second-order valence-corrected chi connectivity index (χ2v) is 10.1. The van der Waals surface area contributed by atoms with E-state index in [4.69, 9.17) is 4.74 Å². The molecule has 5 rings (SSSR count). The first-order chi connectivity index (χ1) is 19.1. The number of anilines is 1. The van der Waals surface area contributed by atoms with Crippen molar-refractivity contribution in [3.8, 4) is 5.75 Å². The number of fused-ring (bicyclic) bond motifs is 2. The van der Waals surface area contributed by atoms with Gasteiger partial charge in [-0.1, -0.05) is 17.7 Å². The number of benzene rings is 1. The molecule has 1 unspecified atom stereocenters. The quantitative estimate of drug-likeness (QED) is 0.378. The number of amides is 3. The van der Waals surface area contributed by atoms with Gasteiger partial charge in [0.2, 0.25) is 0 Å². The van der Waals surface area contributed by atoms with Crippen LogP contribution in [0, 0.1) is 11.2 Å². The molecule has 3 amide bonds. The van der Waals surface area contributed by atoms with Crippen LogP contribution >= 0.6 is 0 Å². The van der Waals surface area contributed by atoms with Gasteiger partial charge < -0.3 is 25.4 Å². The number of nitrogens with one attached hydrogen (secondary N) is 2. The zero-order chi connectivity index (χ0) is 28.6. The van der Waals surface area contributed by atoms with Crippen molar-refractivity contribution in [3.63, 3.8) is 0 Å². The molecule has 3 aromatic rings. The molecule has 0 radical (unpaired) electrons. The predicted molar refractivity (Wildman–Crippen MR) is 139 cm³/mol. The molecule has 0 bridgehead atoms. The number of carbonyl (C=O) groups excluding carboxylic acids is 3. The molecule has 12 nitrogen and oxygen atoms in total. The van der Waals surface area contributed by atoms with E-state index in [0.717, 1.165) is 16.3 Å². The van der Waals surface area contributed by atoms with Gasteiger partial charge in [-0.25, -0.2) is 13.9 Å². The smallest absolute Gasteiger partial charge is 0.309 e. The zero-order valence-corrected chi connectivity index (χ0v) is 21.9. The van der Waals surface area contributed by atoms with E-state index in [0.29, 0.717) is 36.3 Å². The number of aromatic nitrogens is 3. The van der Waals surface area contributed by atoms with E-state index in [2.05, 4.69) is 20.7 Å². The van der Waals surface area contributed by atoms with Crippen molar-refractivity contribution in [2.75, 3.05) is 25.1 Å². The lowest BCUT2D eigenvalue weighted by Gasteiger charge is -2.28. The highest BCUT2D eigenvalue weighted by Crippen LogP contribution is 2.35. The summed E-state index contributed by atoms with van der Waals surface area (Å²) in [6, 6.07) is 6.40. The van der Waals surface area contributed by atoms with Crippen molar-refractivity contribution < 1.29 is 33.4 Å². The first-order valence-electron chi connectivity index (χ1n) is 12.6. The molecule has 2 aromatic heterocycles. The van der Waals surface area contributed by atoms with E-state index in [9.17, 15) is 28.7 Å². The summed E-state index contributed by atoms with van der Waals surface area (Å²) in [5.41, 5.74) is 0.759. The molecule has 1 aliphatic heterocycles. The summed E-state index contributed by atoms with van der Waals surface area (Å²) < 4.78 is 20.9. The number of hydrogen-bond acceptors (Lipinski definition) is 7. The van der Waals surface area contributed by atoms with Gasteiger partial charge in [0.15, 0.2) is 18.1 Å². The van der Waals surface area contributed by atoms with Gasteiger partial charge in [0.1, 0.15) is 17.1 Å². The number of allylic oxidation sites excluding steroid dienone is 1. The van der Waals surface area contributed by atoms with E-state index in [-0.39, 0.29) is 42.6 Å². The van der Waals surface area contributed by atoms with Crippen molar-refractivity contribution in [3.05, 3.63) is 64.9 Å². The van der Waals surface area contributed by atoms with Crippen molar-refractivity contribution in [2.24, 2.45) is 5.41 Å². The highest BCUT2D eigenvalue weighted by atomic mass is 19.1. The van der Waals surface area contributed by atoms with Gasteiger partial charge >= 0.3 is 5.97 Å². The van der Waals surface area contributed by atoms with Crippen LogP contribution in [0.1, 0.15) is 52.7 Å². The van der Waals surface area contributed by atoms with E-state index in [1.165, 1.54) is 11.0 Å². The number of likely N-dealkylation sites (N-methyl/N-ethyl adjacent to an activating group) is 1. The number of hydrogen-bond donors (Lipinski definition) is 3. The third-order valence-electron chi connectivity index (χ3n) is 7.29. The van der Waals surface area contributed by atoms with E-state index >= 15 is 0 Å². The van der Waals surface area contributed by atoms with Crippen LogP contribution < -0.4 is 20.3 Å². The Morgan fingerprint density at radius 1 is 1.18 bits per heavy atom. The molecule has 3 heterocycles. The zero-order valence-electron chi connectivity index (χ0n) is 21.9. The molecule has 208 valence electrons. The van der Waals surface area contributed by atoms with E-state index < -0.39 is 29.0 Å². The van der Waals surface area contributed by atoms with Crippen molar-refractivity contribution >= 4 is 35.0 Å². The lowest BCUT2D eigenvalue weighted by atomic mass is 9.76. The standard InChI is InChI=1S/C27H27FN6O6/c1-27(26(38)39)7-5-15(6-8-27)11-30-25(37)20-10-18(32-23-17(28)13-31-34(20)23)24(36)29-12-16-3-4-21-19(9-16)33(2)22(35)14-40-21/h3-5,9-10,13H,6-8,11-12,14H2,1-2H3,(H,29,36)(H,30,37)(H,38,39). The Hall–Kier alpha value is -4.81. The molecule has 2 aliphatic rings. The fourth-order valence-corrected chi connectivity index (χ4v) is 4.56.